The molecule has 126 valence electrons. The van der Waals surface area contributed by atoms with Gasteiger partial charge in [0.1, 0.15) is 5.82 Å². The molecule has 1 aliphatic rings. The highest BCUT2D eigenvalue weighted by Gasteiger charge is 2.35. The minimum Gasteiger partial charge on any atom is -0.480 e. The van der Waals surface area contributed by atoms with Crippen LogP contribution in [0.5, 0.6) is 0 Å². The van der Waals surface area contributed by atoms with Crippen molar-refractivity contribution in [1.29, 1.82) is 0 Å². The monoisotopic (exact) mass is 386 g/mol. The third kappa shape index (κ3) is 4.09. The van der Waals surface area contributed by atoms with E-state index in [4.69, 9.17) is 5.11 Å². The molecule has 1 amide bonds. The van der Waals surface area contributed by atoms with Crippen molar-refractivity contribution in [2.75, 3.05) is 13.1 Å². The van der Waals surface area contributed by atoms with Gasteiger partial charge in [-0.05, 0) is 53.9 Å². The Labute approximate surface area is 143 Å². The minimum absolute atomic E-state index is 0.000110. The number of carboxylic acids is 1. The van der Waals surface area contributed by atoms with E-state index in [1.165, 1.54) is 6.07 Å². The molecule has 1 aromatic rings. The number of carboxylic acid groups (broad SMARTS) is 1. The highest BCUT2D eigenvalue weighted by molar-refractivity contribution is 9.10. The second-order valence-corrected chi connectivity index (χ2v) is 6.60. The number of aliphatic carboxylic acids is 1. The van der Waals surface area contributed by atoms with Crippen LogP contribution in [0.1, 0.15) is 35.7 Å². The maximum Gasteiger partial charge on any atom is 0.317 e. The van der Waals surface area contributed by atoms with Gasteiger partial charge in [-0.1, -0.05) is 13.0 Å². The molecule has 0 unspecified atom stereocenters. The van der Waals surface area contributed by atoms with Crippen LogP contribution in [-0.4, -0.2) is 47.1 Å². The SMILES string of the molecule is CCN(CC(=O)O)C1CC(NC(=O)c2c(F)ccc(C)c2Br)C1. The summed E-state index contributed by atoms with van der Waals surface area (Å²) < 4.78 is 14.4. The van der Waals surface area contributed by atoms with Crippen LogP contribution >= 0.6 is 15.9 Å². The van der Waals surface area contributed by atoms with E-state index in [-0.39, 0.29) is 24.2 Å². The lowest BCUT2D eigenvalue weighted by atomic mass is 9.85. The lowest BCUT2D eigenvalue weighted by Gasteiger charge is -2.42. The average Bonchev–Trinajstić information content (AvgIpc) is 2.44. The highest BCUT2D eigenvalue weighted by atomic mass is 79.9. The van der Waals surface area contributed by atoms with Gasteiger partial charge >= 0.3 is 5.97 Å². The number of aryl methyl sites for hydroxylation is 1. The lowest BCUT2D eigenvalue weighted by Crippen LogP contribution is -2.54. The predicted molar refractivity (Wildman–Crippen MR) is 88.0 cm³/mol. The van der Waals surface area contributed by atoms with Crippen LogP contribution in [0.15, 0.2) is 16.6 Å². The number of carbonyl (C=O) groups is 2. The van der Waals surface area contributed by atoms with E-state index in [9.17, 15) is 14.0 Å². The number of nitrogens with one attached hydrogen (secondary N) is 1. The molecule has 1 saturated carbocycles. The number of hydrogen-bond acceptors (Lipinski definition) is 3. The minimum atomic E-state index is -0.856. The Morgan fingerprint density at radius 1 is 1.43 bits per heavy atom. The molecule has 2 N–H and O–H groups in total. The summed E-state index contributed by atoms with van der Waals surface area (Å²) in [5.41, 5.74) is 0.813. The Morgan fingerprint density at radius 2 is 2.09 bits per heavy atom. The van der Waals surface area contributed by atoms with Gasteiger partial charge in [0.25, 0.3) is 5.91 Å². The maximum atomic E-state index is 13.9. The summed E-state index contributed by atoms with van der Waals surface area (Å²) in [6, 6.07) is 2.99. The van der Waals surface area contributed by atoms with Crippen LogP contribution in [0.4, 0.5) is 4.39 Å². The quantitative estimate of drug-likeness (QED) is 0.787. The molecule has 1 fully saturated rings. The fourth-order valence-corrected chi connectivity index (χ4v) is 3.30. The van der Waals surface area contributed by atoms with Crippen molar-refractivity contribution < 1.29 is 19.1 Å². The van der Waals surface area contributed by atoms with Gasteiger partial charge in [-0.2, -0.15) is 0 Å². The first kappa shape index (κ1) is 17.9. The number of hydrogen-bond donors (Lipinski definition) is 2. The number of halogens is 2. The van der Waals surface area contributed by atoms with Crippen molar-refractivity contribution in [3.05, 3.63) is 33.5 Å². The molecule has 2 rings (SSSR count). The maximum absolute atomic E-state index is 13.9. The van der Waals surface area contributed by atoms with Crippen molar-refractivity contribution in [2.45, 2.75) is 38.8 Å². The van der Waals surface area contributed by atoms with E-state index in [0.717, 1.165) is 5.56 Å². The number of carbonyl (C=O) groups excluding carboxylic acids is 1. The van der Waals surface area contributed by atoms with Crippen LogP contribution in [0.2, 0.25) is 0 Å². The number of benzene rings is 1. The Balaban J connectivity index is 1.94. The standard InChI is InChI=1S/C16H20BrFN2O3/c1-3-20(8-13(21)22)11-6-10(7-11)19-16(23)14-12(18)5-4-9(2)15(14)17/h4-5,10-11H,3,6-8H2,1-2H3,(H,19,23)(H,21,22). The summed E-state index contributed by atoms with van der Waals surface area (Å²) in [6.07, 6.45) is 1.36. The van der Waals surface area contributed by atoms with E-state index in [2.05, 4.69) is 21.2 Å². The molecule has 0 heterocycles. The summed E-state index contributed by atoms with van der Waals surface area (Å²) in [4.78, 5) is 25.0. The number of likely N-dealkylation sites (N-methyl/N-ethyl adjacent to an activating group) is 1. The first-order chi connectivity index (χ1) is 10.8. The molecule has 1 aliphatic carbocycles. The lowest BCUT2D eigenvalue weighted by molar-refractivity contribution is -0.139. The predicted octanol–water partition coefficient (Wildman–Crippen LogP) is 2.56. The fourth-order valence-electron chi connectivity index (χ4n) is 2.80. The van der Waals surface area contributed by atoms with Gasteiger partial charge in [-0.25, -0.2) is 4.39 Å². The largest absolute Gasteiger partial charge is 0.480 e. The molecular weight excluding hydrogens is 367 g/mol. The van der Waals surface area contributed by atoms with E-state index < -0.39 is 17.7 Å². The average molecular weight is 387 g/mol. The molecule has 0 spiro atoms. The van der Waals surface area contributed by atoms with Crippen molar-refractivity contribution in [2.24, 2.45) is 0 Å². The summed E-state index contributed by atoms with van der Waals surface area (Å²) in [7, 11) is 0. The zero-order valence-corrected chi connectivity index (χ0v) is 14.7. The molecule has 1 aromatic carbocycles. The van der Waals surface area contributed by atoms with Crippen molar-refractivity contribution in [3.63, 3.8) is 0 Å². The number of nitrogens with zero attached hydrogens (tertiary/aromatic N) is 1. The van der Waals surface area contributed by atoms with Gasteiger partial charge in [0.2, 0.25) is 0 Å². The first-order valence-corrected chi connectivity index (χ1v) is 8.34. The van der Waals surface area contributed by atoms with Gasteiger partial charge in [0, 0.05) is 16.6 Å². The zero-order chi connectivity index (χ0) is 17.1. The van der Waals surface area contributed by atoms with Gasteiger partial charge in [-0.3, -0.25) is 14.5 Å². The Hall–Kier alpha value is -1.47. The highest BCUT2D eigenvalue weighted by Crippen LogP contribution is 2.28. The summed E-state index contributed by atoms with van der Waals surface area (Å²) in [5.74, 6) is -1.86. The van der Waals surface area contributed by atoms with Gasteiger partial charge in [0.15, 0.2) is 0 Å². The third-order valence-electron chi connectivity index (χ3n) is 4.22. The Bertz CT molecular complexity index is 618. The first-order valence-electron chi connectivity index (χ1n) is 7.54. The summed E-state index contributed by atoms with van der Waals surface area (Å²) >= 11 is 3.26. The molecular formula is C16H20BrFN2O3. The van der Waals surface area contributed by atoms with Crippen LogP contribution in [-0.2, 0) is 4.79 Å². The smallest absolute Gasteiger partial charge is 0.317 e. The zero-order valence-electron chi connectivity index (χ0n) is 13.1. The van der Waals surface area contributed by atoms with Crippen molar-refractivity contribution in [3.8, 4) is 0 Å². The van der Waals surface area contributed by atoms with Crippen molar-refractivity contribution in [1.82, 2.24) is 10.2 Å². The molecule has 0 bridgehead atoms. The molecule has 7 heteroatoms. The van der Waals surface area contributed by atoms with Gasteiger partial charge < -0.3 is 10.4 Å². The topological polar surface area (TPSA) is 69.6 Å². The normalized spacial score (nSPS) is 20.2. The van der Waals surface area contributed by atoms with Crippen LogP contribution in [0, 0.1) is 12.7 Å². The molecule has 0 saturated heterocycles. The van der Waals surface area contributed by atoms with Crippen LogP contribution in [0.25, 0.3) is 0 Å². The van der Waals surface area contributed by atoms with Gasteiger partial charge in [0.05, 0.1) is 12.1 Å². The Morgan fingerprint density at radius 3 is 2.65 bits per heavy atom. The molecule has 0 radical (unpaired) electrons. The van der Waals surface area contributed by atoms with E-state index >= 15 is 0 Å². The fraction of sp³-hybridized carbons (Fsp3) is 0.500. The second-order valence-electron chi connectivity index (χ2n) is 5.81. The van der Waals surface area contributed by atoms with Crippen LogP contribution < -0.4 is 5.32 Å². The number of rotatable bonds is 6. The van der Waals surface area contributed by atoms with E-state index in [0.29, 0.717) is 23.9 Å². The van der Waals surface area contributed by atoms with E-state index in [1.807, 2.05) is 11.8 Å². The summed E-state index contributed by atoms with van der Waals surface area (Å²) in [5, 5.41) is 11.7. The summed E-state index contributed by atoms with van der Waals surface area (Å²) in [6.45, 7) is 4.36. The number of amides is 1. The second kappa shape index (κ2) is 7.40. The third-order valence-corrected chi connectivity index (χ3v) is 5.24. The van der Waals surface area contributed by atoms with Crippen LogP contribution in [0.3, 0.4) is 0 Å². The molecule has 0 atom stereocenters. The molecule has 0 aromatic heterocycles. The molecule has 0 aliphatic heterocycles. The molecule has 23 heavy (non-hydrogen) atoms. The molecule has 5 nitrogen and oxygen atoms in total. The van der Waals surface area contributed by atoms with Crippen molar-refractivity contribution >= 4 is 27.8 Å². The Kier molecular flexibility index (Phi) is 5.75. The van der Waals surface area contributed by atoms with Gasteiger partial charge in [-0.15, -0.1) is 0 Å². The van der Waals surface area contributed by atoms with E-state index in [1.54, 1.807) is 13.0 Å².